The minimum Gasteiger partial charge on any atom is -0.324 e. The van der Waals surface area contributed by atoms with E-state index < -0.39 is 5.54 Å². The number of amides is 5. The first-order valence-electron chi connectivity index (χ1n) is 10.7. The summed E-state index contributed by atoms with van der Waals surface area (Å²) in [5.74, 6) is -0.222. The first kappa shape index (κ1) is 20.7. The molecule has 5 amide bonds. The number of imide groups is 1. The molecule has 2 aliphatic rings. The van der Waals surface area contributed by atoms with Crippen LogP contribution >= 0.6 is 0 Å². The van der Waals surface area contributed by atoms with Crippen LogP contribution in [0, 0.1) is 0 Å². The van der Waals surface area contributed by atoms with Crippen molar-refractivity contribution in [3.63, 3.8) is 0 Å². The van der Waals surface area contributed by atoms with Crippen molar-refractivity contribution in [2.24, 2.45) is 0 Å². The predicted molar refractivity (Wildman–Crippen MR) is 120 cm³/mol. The molecule has 0 atom stereocenters. The fourth-order valence-corrected chi connectivity index (χ4v) is 4.28. The van der Waals surface area contributed by atoms with Crippen LogP contribution in [0.2, 0.25) is 0 Å². The monoisotopic (exact) mass is 445 g/mol. The Hall–Kier alpha value is -4.21. The van der Waals surface area contributed by atoms with Crippen molar-refractivity contribution < 1.29 is 14.4 Å². The normalized spacial score (nSPS) is 17.3. The smallest absolute Gasteiger partial charge is 0.324 e. The van der Waals surface area contributed by atoms with E-state index in [0.29, 0.717) is 31.6 Å². The highest BCUT2D eigenvalue weighted by molar-refractivity contribution is 6.07. The second kappa shape index (κ2) is 8.38. The van der Waals surface area contributed by atoms with Gasteiger partial charge in [-0.15, -0.1) is 0 Å². The summed E-state index contributed by atoms with van der Waals surface area (Å²) < 4.78 is 0. The molecular weight excluding hydrogens is 422 g/mol. The maximum absolute atomic E-state index is 13.1. The Morgan fingerprint density at radius 1 is 1.03 bits per heavy atom. The van der Waals surface area contributed by atoms with Crippen LogP contribution in [-0.4, -0.2) is 61.8 Å². The molecule has 1 aromatic heterocycles. The zero-order valence-electron chi connectivity index (χ0n) is 17.8. The van der Waals surface area contributed by atoms with Gasteiger partial charge in [-0.3, -0.25) is 9.69 Å². The molecule has 1 spiro atoms. The highest BCUT2D eigenvalue weighted by Gasteiger charge is 2.52. The molecule has 0 unspecified atom stereocenters. The number of H-pyrrole nitrogens is 1. The third-order valence-electron chi connectivity index (χ3n) is 6.18. The van der Waals surface area contributed by atoms with Crippen LogP contribution in [-0.2, 0) is 11.3 Å². The minimum absolute atomic E-state index is 0.222. The van der Waals surface area contributed by atoms with Gasteiger partial charge in [0.15, 0.2) is 0 Å². The fraction of sp³-hybridized carbons (Fsp3) is 0.261. The quantitative estimate of drug-likeness (QED) is 0.533. The molecule has 3 aromatic rings. The van der Waals surface area contributed by atoms with E-state index in [4.69, 9.17) is 0 Å². The van der Waals surface area contributed by atoms with Crippen molar-refractivity contribution >= 4 is 23.7 Å². The molecule has 0 bridgehead atoms. The SMILES string of the molecule is O=C(Nc1ccc(-c2cn[nH]n2)cc1)N1CCC2(CC1)NC(=O)N(Cc1ccccc1)C2=O. The molecule has 2 aliphatic heterocycles. The first-order chi connectivity index (χ1) is 16.0. The molecule has 0 saturated carbocycles. The summed E-state index contributed by atoms with van der Waals surface area (Å²) in [6.45, 7) is 0.976. The third kappa shape index (κ3) is 4.02. The third-order valence-corrected chi connectivity index (χ3v) is 6.18. The van der Waals surface area contributed by atoms with Gasteiger partial charge in [-0.2, -0.15) is 15.4 Å². The molecule has 3 N–H and O–H groups in total. The molecular formula is C23H23N7O3. The second-order valence-electron chi connectivity index (χ2n) is 8.24. The first-order valence-corrected chi connectivity index (χ1v) is 10.7. The van der Waals surface area contributed by atoms with Gasteiger partial charge in [0.2, 0.25) is 0 Å². The van der Waals surface area contributed by atoms with Crippen molar-refractivity contribution in [2.45, 2.75) is 24.9 Å². The topological polar surface area (TPSA) is 123 Å². The summed E-state index contributed by atoms with van der Waals surface area (Å²) >= 11 is 0. The van der Waals surface area contributed by atoms with Crippen molar-refractivity contribution in [1.29, 1.82) is 0 Å². The maximum Gasteiger partial charge on any atom is 0.325 e. The van der Waals surface area contributed by atoms with Crippen LogP contribution in [0.5, 0.6) is 0 Å². The largest absolute Gasteiger partial charge is 0.325 e. The van der Waals surface area contributed by atoms with Crippen LogP contribution in [0.1, 0.15) is 18.4 Å². The summed E-state index contributed by atoms with van der Waals surface area (Å²) in [6, 6.07) is 16.1. The fourth-order valence-electron chi connectivity index (χ4n) is 4.28. The van der Waals surface area contributed by atoms with Crippen molar-refractivity contribution in [3.05, 3.63) is 66.4 Å². The number of anilines is 1. The lowest BCUT2D eigenvalue weighted by atomic mass is 9.87. The number of benzene rings is 2. The van der Waals surface area contributed by atoms with Gasteiger partial charge in [0.05, 0.1) is 12.7 Å². The van der Waals surface area contributed by atoms with Gasteiger partial charge in [0, 0.05) is 24.3 Å². The zero-order chi connectivity index (χ0) is 22.8. The predicted octanol–water partition coefficient (Wildman–Crippen LogP) is 2.59. The average molecular weight is 445 g/mol. The van der Waals surface area contributed by atoms with Crippen LogP contribution in [0.15, 0.2) is 60.8 Å². The number of aromatic nitrogens is 3. The minimum atomic E-state index is -0.943. The number of likely N-dealkylation sites (tertiary alicyclic amines) is 1. The van der Waals surface area contributed by atoms with Crippen LogP contribution in [0.25, 0.3) is 11.3 Å². The number of carbonyl (C=O) groups excluding carboxylic acids is 3. The number of hydrogen-bond donors (Lipinski definition) is 3. The number of urea groups is 2. The molecule has 0 aliphatic carbocycles. The Labute approximate surface area is 190 Å². The van der Waals surface area contributed by atoms with Gasteiger partial charge < -0.3 is 15.5 Å². The number of carbonyl (C=O) groups is 3. The molecule has 2 fully saturated rings. The number of piperidine rings is 1. The van der Waals surface area contributed by atoms with Gasteiger partial charge >= 0.3 is 12.1 Å². The lowest BCUT2D eigenvalue weighted by Gasteiger charge is -2.37. The molecule has 33 heavy (non-hydrogen) atoms. The van der Waals surface area contributed by atoms with Gasteiger partial charge in [0.1, 0.15) is 11.2 Å². The second-order valence-corrected chi connectivity index (χ2v) is 8.24. The van der Waals surface area contributed by atoms with Crippen LogP contribution < -0.4 is 10.6 Å². The Morgan fingerprint density at radius 2 is 1.76 bits per heavy atom. The molecule has 2 aromatic carbocycles. The van der Waals surface area contributed by atoms with Crippen molar-refractivity contribution in [1.82, 2.24) is 30.5 Å². The van der Waals surface area contributed by atoms with Gasteiger partial charge in [-0.1, -0.05) is 42.5 Å². The van der Waals surface area contributed by atoms with E-state index in [1.807, 2.05) is 42.5 Å². The number of aromatic amines is 1. The van der Waals surface area contributed by atoms with Gasteiger partial charge in [-0.25, -0.2) is 9.59 Å². The number of nitrogens with zero attached hydrogens (tertiary/aromatic N) is 4. The van der Waals surface area contributed by atoms with E-state index in [-0.39, 0.29) is 24.5 Å². The van der Waals surface area contributed by atoms with Gasteiger partial charge in [0.25, 0.3) is 5.91 Å². The van der Waals surface area contributed by atoms with E-state index in [1.54, 1.807) is 23.2 Å². The standard InChI is InChI=1S/C23H23N7O3/c31-20-23(26-22(33)30(20)15-16-4-2-1-3-5-16)10-12-29(13-11-23)21(32)25-18-8-6-17(7-9-18)19-14-24-28-27-19/h1-9,14H,10-13,15H2,(H,25,32)(H,26,33)(H,24,27,28). The van der Waals surface area contributed by atoms with Crippen molar-refractivity contribution in [3.8, 4) is 11.3 Å². The molecule has 3 heterocycles. The highest BCUT2D eigenvalue weighted by Crippen LogP contribution is 2.31. The number of nitrogens with one attached hydrogen (secondary N) is 3. The molecule has 2 saturated heterocycles. The summed E-state index contributed by atoms with van der Waals surface area (Å²) in [5, 5.41) is 16.2. The summed E-state index contributed by atoms with van der Waals surface area (Å²) in [7, 11) is 0. The van der Waals surface area contributed by atoms with E-state index in [2.05, 4.69) is 26.0 Å². The van der Waals surface area contributed by atoms with E-state index in [9.17, 15) is 14.4 Å². The summed E-state index contributed by atoms with van der Waals surface area (Å²) in [4.78, 5) is 41.3. The molecule has 0 radical (unpaired) electrons. The Morgan fingerprint density at radius 3 is 2.42 bits per heavy atom. The van der Waals surface area contributed by atoms with Gasteiger partial charge in [-0.05, 0) is 30.5 Å². The van der Waals surface area contributed by atoms with E-state index in [1.165, 1.54) is 4.90 Å². The molecule has 5 rings (SSSR count). The van der Waals surface area contributed by atoms with Crippen LogP contribution in [0.3, 0.4) is 0 Å². The van der Waals surface area contributed by atoms with Crippen LogP contribution in [0.4, 0.5) is 15.3 Å². The number of rotatable bonds is 4. The van der Waals surface area contributed by atoms with E-state index in [0.717, 1.165) is 16.8 Å². The average Bonchev–Trinajstić information content (AvgIpc) is 3.45. The lowest BCUT2D eigenvalue weighted by molar-refractivity contribution is -0.133. The lowest BCUT2D eigenvalue weighted by Crippen LogP contribution is -2.56. The highest BCUT2D eigenvalue weighted by atomic mass is 16.2. The summed E-state index contributed by atoms with van der Waals surface area (Å²) in [6.07, 6.45) is 2.38. The molecule has 168 valence electrons. The zero-order valence-corrected chi connectivity index (χ0v) is 17.8. The molecule has 10 nitrogen and oxygen atoms in total. The Kier molecular flexibility index (Phi) is 5.25. The van der Waals surface area contributed by atoms with E-state index >= 15 is 0 Å². The molecule has 10 heteroatoms. The Balaban J connectivity index is 1.18. The summed E-state index contributed by atoms with van der Waals surface area (Å²) in [5.41, 5.74) is 2.22. The Bertz CT molecular complexity index is 1150. The maximum atomic E-state index is 13.1. The van der Waals surface area contributed by atoms with Crippen molar-refractivity contribution in [2.75, 3.05) is 18.4 Å². The number of hydrogen-bond acceptors (Lipinski definition) is 5.